The average Bonchev–Trinajstić information content (AvgIpc) is 3.45. The number of oxazole rings is 1. The largest absolute Gasteiger partial charge is 0.460 e. The lowest BCUT2D eigenvalue weighted by atomic mass is 10.0. The quantitative estimate of drug-likeness (QED) is 0.240. The molecule has 0 fully saturated rings. The molecule has 5 aromatic rings. The van der Waals surface area contributed by atoms with E-state index in [0.717, 1.165) is 10.4 Å². The molecule has 7 heteroatoms. The van der Waals surface area contributed by atoms with E-state index in [2.05, 4.69) is 4.98 Å². The smallest absolute Gasteiger partial charge is 0.317 e. The van der Waals surface area contributed by atoms with Crippen LogP contribution in [0, 0.1) is 13.8 Å². The summed E-state index contributed by atoms with van der Waals surface area (Å²) >= 11 is 1.51. The lowest BCUT2D eigenvalue weighted by molar-refractivity contribution is -0.133. The minimum absolute atomic E-state index is 0.0331. The Bertz CT molecular complexity index is 1510. The van der Waals surface area contributed by atoms with Crippen molar-refractivity contribution in [2.45, 2.75) is 20.3 Å². The van der Waals surface area contributed by atoms with Gasteiger partial charge in [-0.1, -0.05) is 36.4 Å². The van der Waals surface area contributed by atoms with Gasteiger partial charge in [0.15, 0.2) is 0 Å². The topological polar surface area (TPSA) is 82.5 Å². The molecular formula is C26H19NO5S. The third kappa shape index (κ3) is 4.10. The first-order chi connectivity index (χ1) is 16.0. The van der Waals surface area contributed by atoms with E-state index < -0.39 is 5.97 Å². The lowest BCUT2D eigenvalue weighted by Crippen LogP contribution is -2.12. The van der Waals surface area contributed by atoms with Gasteiger partial charge in [-0.2, -0.15) is 0 Å². The van der Waals surface area contributed by atoms with Gasteiger partial charge in [0.05, 0.1) is 27.9 Å². The second-order valence-corrected chi connectivity index (χ2v) is 8.48. The Morgan fingerprint density at radius 2 is 1.82 bits per heavy atom. The highest BCUT2D eigenvalue weighted by Gasteiger charge is 2.18. The summed E-state index contributed by atoms with van der Waals surface area (Å²) in [4.78, 5) is 30.9. The summed E-state index contributed by atoms with van der Waals surface area (Å²) in [5.74, 6) is 1.37. The van der Waals surface area contributed by atoms with Crippen molar-refractivity contribution in [3.8, 4) is 27.6 Å². The number of aromatic nitrogens is 1. The van der Waals surface area contributed by atoms with Gasteiger partial charge in [-0.15, -0.1) is 11.3 Å². The molecule has 33 heavy (non-hydrogen) atoms. The molecule has 0 aliphatic carbocycles. The van der Waals surface area contributed by atoms with Crippen molar-refractivity contribution < 1.29 is 18.4 Å². The Hall–Kier alpha value is -3.97. The zero-order chi connectivity index (χ0) is 22.9. The van der Waals surface area contributed by atoms with E-state index in [9.17, 15) is 9.59 Å². The fraction of sp³-hybridized carbons (Fsp3) is 0.115. The number of aryl methyl sites for hydroxylation is 2. The number of esters is 1. The van der Waals surface area contributed by atoms with Gasteiger partial charge in [0.1, 0.15) is 22.9 Å². The predicted molar refractivity (Wildman–Crippen MR) is 127 cm³/mol. The van der Waals surface area contributed by atoms with Crippen LogP contribution in [0.15, 0.2) is 79.7 Å². The first-order valence-electron chi connectivity index (χ1n) is 10.3. The Labute approximate surface area is 193 Å². The van der Waals surface area contributed by atoms with Crippen LogP contribution >= 0.6 is 11.3 Å². The minimum atomic E-state index is -0.483. The van der Waals surface area contributed by atoms with Crippen molar-refractivity contribution in [1.82, 2.24) is 4.98 Å². The van der Waals surface area contributed by atoms with Crippen LogP contribution in [0.25, 0.3) is 32.9 Å². The molecule has 0 saturated carbocycles. The third-order valence-electron chi connectivity index (χ3n) is 5.27. The number of hydrogen-bond donors (Lipinski definition) is 0. The molecule has 0 unspecified atom stereocenters. The first kappa shape index (κ1) is 20.9. The van der Waals surface area contributed by atoms with E-state index in [4.69, 9.17) is 13.6 Å². The molecule has 0 saturated heterocycles. The number of ether oxygens (including phenoxy) is 1. The molecule has 0 radical (unpaired) electrons. The fourth-order valence-corrected chi connectivity index (χ4v) is 4.34. The number of carbonyl (C=O) groups is 1. The maximum absolute atomic E-state index is 13.1. The molecule has 2 aromatic carbocycles. The number of rotatable bonds is 5. The number of thiophene rings is 1. The van der Waals surface area contributed by atoms with Crippen molar-refractivity contribution in [2.75, 3.05) is 0 Å². The molecule has 164 valence electrons. The van der Waals surface area contributed by atoms with Crippen molar-refractivity contribution >= 4 is 28.3 Å². The van der Waals surface area contributed by atoms with Gasteiger partial charge in [0.25, 0.3) is 0 Å². The number of carbonyl (C=O) groups excluding carboxylic acids is 1. The van der Waals surface area contributed by atoms with Crippen molar-refractivity contribution in [1.29, 1.82) is 0 Å². The highest BCUT2D eigenvalue weighted by atomic mass is 32.1. The molecule has 0 aliphatic rings. The number of benzene rings is 2. The molecule has 6 nitrogen and oxygen atoms in total. The Morgan fingerprint density at radius 1 is 1.00 bits per heavy atom. The van der Waals surface area contributed by atoms with E-state index in [1.807, 2.05) is 47.8 Å². The molecule has 0 bridgehead atoms. The summed E-state index contributed by atoms with van der Waals surface area (Å²) in [6.07, 6.45) is -0.0331. The summed E-state index contributed by atoms with van der Waals surface area (Å²) in [5.41, 5.74) is 2.08. The van der Waals surface area contributed by atoms with Crippen LogP contribution in [0.1, 0.15) is 17.2 Å². The molecule has 0 aliphatic heterocycles. The highest BCUT2D eigenvalue weighted by Crippen LogP contribution is 2.28. The first-order valence-corrected chi connectivity index (χ1v) is 11.2. The van der Waals surface area contributed by atoms with E-state index in [0.29, 0.717) is 45.4 Å². The molecule has 0 N–H and O–H groups in total. The molecule has 0 atom stereocenters. The van der Waals surface area contributed by atoms with Crippen LogP contribution in [0.4, 0.5) is 0 Å². The standard InChI is InChI=1S/C26H19NO5S/c1-15-20(27-26(31-15)22-9-6-12-33-22)14-23(28)32-18-10-11-19-21(13-18)30-16(2)24(25(19)29)17-7-4-3-5-8-17/h3-13H,14H2,1-2H3. The average molecular weight is 458 g/mol. The number of hydrogen-bond acceptors (Lipinski definition) is 7. The zero-order valence-corrected chi connectivity index (χ0v) is 18.8. The van der Waals surface area contributed by atoms with Crippen molar-refractivity contribution in [3.05, 3.63) is 93.5 Å². The van der Waals surface area contributed by atoms with Gasteiger partial charge >= 0.3 is 5.97 Å². The summed E-state index contributed by atoms with van der Waals surface area (Å²) in [7, 11) is 0. The maximum Gasteiger partial charge on any atom is 0.317 e. The van der Waals surface area contributed by atoms with Gasteiger partial charge in [-0.3, -0.25) is 9.59 Å². The second kappa shape index (κ2) is 8.52. The summed E-state index contributed by atoms with van der Waals surface area (Å²) < 4.78 is 17.1. The number of fused-ring (bicyclic) bond motifs is 1. The van der Waals surface area contributed by atoms with E-state index >= 15 is 0 Å². The molecule has 0 spiro atoms. The van der Waals surface area contributed by atoms with Crippen molar-refractivity contribution in [3.63, 3.8) is 0 Å². The highest BCUT2D eigenvalue weighted by molar-refractivity contribution is 7.13. The number of nitrogens with zero attached hydrogens (tertiary/aromatic N) is 1. The Balaban J connectivity index is 1.39. The molecule has 3 heterocycles. The summed E-state index contributed by atoms with van der Waals surface area (Å²) in [6.45, 7) is 3.52. The van der Waals surface area contributed by atoms with Crippen LogP contribution in [-0.2, 0) is 11.2 Å². The van der Waals surface area contributed by atoms with Crippen LogP contribution in [0.3, 0.4) is 0 Å². The van der Waals surface area contributed by atoms with E-state index in [1.54, 1.807) is 32.0 Å². The van der Waals surface area contributed by atoms with Gasteiger partial charge in [0, 0.05) is 6.07 Å². The summed E-state index contributed by atoms with van der Waals surface area (Å²) in [5, 5.41) is 2.36. The normalized spacial score (nSPS) is 11.1. The summed E-state index contributed by atoms with van der Waals surface area (Å²) in [6, 6.07) is 18.0. The molecular weight excluding hydrogens is 438 g/mol. The van der Waals surface area contributed by atoms with Crippen LogP contribution in [0.2, 0.25) is 0 Å². The van der Waals surface area contributed by atoms with Gasteiger partial charge < -0.3 is 13.6 Å². The van der Waals surface area contributed by atoms with Gasteiger partial charge in [0.2, 0.25) is 11.3 Å². The molecule has 0 amide bonds. The second-order valence-electron chi connectivity index (χ2n) is 7.54. The minimum Gasteiger partial charge on any atom is -0.460 e. The third-order valence-corrected chi connectivity index (χ3v) is 6.13. The SMILES string of the molecule is Cc1oc(-c2cccs2)nc1CC(=O)Oc1ccc2c(=O)c(-c3ccccc3)c(C)oc2c1. The van der Waals surface area contributed by atoms with Crippen LogP contribution in [-0.4, -0.2) is 11.0 Å². The van der Waals surface area contributed by atoms with E-state index in [-0.39, 0.29) is 11.8 Å². The monoisotopic (exact) mass is 457 g/mol. The van der Waals surface area contributed by atoms with Crippen LogP contribution in [0.5, 0.6) is 5.75 Å². The maximum atomic E-state index is 13.1. The molecule has 5 rings (SSSR count). The van der Waals surface area contributed by atoms with Crippen LogP contribution < -0.4 is 10.2 Å². The lowest BCUT2D eigenvalue weighted by Gasteiger charge is -2.08. The zero-order valence-electron chi connectivity index (χ0n) is 18.0. The Morgan fingerprint density at radius 3 is 2.58 bits per heavy atom. The van der Waals surface area contributed by atoms with Gasteiger partial charge in [-0.25, -0.2) is 4.98 Å². The van der Waals surface area contributed by atoms with Crippen molar-refractivity contribution in [2.24, 2.45) is 0 Å². The Kier molecular flexibility index (Phi) is 5.40. The predicted octanol–water partition coefficient (Wildman–Crippen LogP) is 5.94. The molecule has 3 aromatic heterocycles. The van der Waals surface area contributed by atoms with Gasteiger partial charge in [-0.05, 0) is 43.0 Å². The van der Waals surface area contributed by atoms with E-state index in [1.165, 1.54) is 11.3 Å². The fourth-order valence-electron chi connectivity index (χ4n) is 3.69.